The molecule has 0 saturated heterocycles. The minimum atomic E-state index is -1.68. The molecule has 2 atom stereocenters. The average molecular weight is 424 g/mol. The van der Waals surface area contributed by atoms with Crippen molar-refractivity contribution in [2.24, 2.45) is 17.1 Å². The first-order valence-electron chi connectivity index (χ1n) is 10.8. The maximum Gasteiger partial charge on any atom is 0.191 e. The standard InChI is InChI=1S/C26H25N5O/c1-3-11-31-12-10-19-20(13-27)25(30)26(15-28,16-29)24(21(19)14-31)23-18-7-5-4-6-17(18)8-9-22(23)32-2/h4-10,21,24H,3,11-12,14,30H2,1-2H3. The van der Waals surface area contributed by atoms with E-state index in [2.05, 4.69) is 30.0 Å². The number of hydrogen-bond donors (Lipinski definition) is 1. The van der Waals surface area contributed by atoms with Crippen molar-refractivity contribution in [2.45, 2.75) is 19.3 Å². The predicted molar refractivity (Wildman–Crippen MR) is 122 cm³/mol. The zero-order valence-electron chi connectivity index (χ0n) is 18.3. The van der Waals surface area contributed by atoms with Crippen LogP contribution in [-0.4, -0.2) is 31.6 Å². The van der Waals surface area contributed by atoms with Crippen molar-refractivity contribution in [3.63, 3.8) is 0 Å². The van der Waals surface area contributed by atoms with Crippen molar-refractivity contribution in [3.8, 4) is 24.0 Å². The molecule has 0 bridgehead atoms. The monoisotopic (exact) mass is 423 g/mol. The molecule has 0 saturated carbocycles. The molecular weight excluding hydrogens is 398 g/mol. The molecule has 0 aromatic heterocycles. The van der Waals surface area contributed by atoms with Crippen LogP contribution in [0.15, 0.2) is 59.3 Å². The van der Waals surface area contributed by atoms with Crippen LogP contribution in [0.3, 0.4) is 0 Å². The molecule has 0 spiro atoms. The second-order valence-corrected chi connectivity index (χ2v) is 8.34. The van der Waals surface area contributed by atoms with Crippen LogP contribution in [-0.2, 0) is 0 Å². The molecule has 2 aromatic rings. The zero-order chi connectivity index (χ0) is 22.9. The summed E-state index contributed by atoms with van der Waals surface area (Å²) in [4.78, 5) is 2.30. The van der Waals surface area contributed by atoms with Gasteiger partial charge in [-0.15, -0.1) is 0 Å². The molecule has 0 radical (unpaired) electrons. The maximum absolute atomic E-state index is 10.4. The number of allylic oxidation sites excluding steroid dienone is 2. The third-order valence-corrected chi connectivity index (χ3v) is 6.74. The summed E-state index contributed by atoms with van der Waals surface area (Å²) in [5.74, 6) is -0.207. The van der Waals surface area contributed by atoms with E-state index < -0.39 is 11.3 Å². The first kappa shape index (κ1) is 21.4. The highest BCUT2D eigenvalue weighted by Gasteiger charge is 2.55. The number of methoxy groups -OCH3 is 1. The highest BCUT2D eigenvalue weighted by molar-refractivity contribution is 5.89. The minimum Gasteiger partial charge on any atom is -0.496 e. The zero-order valence-corrected chi connectivity index (χ0v) is 18.3. The quantitative estimate of drug-likeness (QED) is 0.796. The molecule has 1 aliphatic carbocycles. The van der Waals surface area contributed by atoms with Gasteiger partial charge in [0, 0.05) is 30.5 Å². The highest BCUT2D eigenvalue weighted by atomic mass is 16.5. The number of ether oxygens (including phenoxy) is 1. The van der Waals surface area contributed by atoms with E-state index in [0.717, 1.165) is 34.9 Å². The van der Waals surface area contributed by atoms with Crippen LogP contribution >= 0.6 is 0 Å². The smallest absolute Gasteiger partial charge is 0.191 e. The van der Waals surface area contributed by atoms with E-state index in [-0.39, 0.29) is 17.2 Å². The summed E-state index contributed by atoms with van der Waals surface area (Å²) < 4.78 is 5.76. The second-order valence-electron chi connectivity index (χ2n) is 8.34. The molecule has 2 unspecified atom stereocenters. The normalized spacial score (nSPS) is 22.3. The topological polar surface area (TPSA) is 110 Å². The van der Waals surface area contributed by atoms with E-state index in [4.69, 9.17) is 10.5 Å². The molecule has 2 N–H and O–H groups in total. The lowest BCUT2D eigenvalue weighted by molar-refractivity contribution is 0.206. The number of nitrogens with two attached hydrogens (primary N) is 1. The molecule has 0 amide bonds. The van der Waals surface area contributed by atoms with Gasteiger partial charge in [0.25, 0.3) is 0 Å². The number of nitrogens with zero attached hydrogens (tertiary/aromatic N) is 4. The average Bonchev–Trinajstić information content (AvgIpc) is 2.83. The molecule has 4 rings (SSSR count). The van der Waals surface area contributed by atoms with Crippen LogP contribution in [0, 0.1) is 45.3 Å². The van der Waals surface area contributed by atoms with Crippen LogP contribution < -0.4 is 10.5 Å². The van der Waals surface area contributed by atoms with E-state index in [1.54, 1.807) is 7.11 Å². The van der Waals surface area contributed by atoms with Crippen molar-refractivity contribution in [1.29, 1.82) is 15.8 Å². The summed E-state index contributed by atoms with van der Waals surface area (Å²) in [6.07, 6.45) is 3.03. The van der Waals surface area contributed by atoms with Gasteiger partial charge in [0.2, 0.25) is 0 Å². The Labute approximate surface area is 188 Å². The molecule has 1 heterocycles. The first-order chi connectivity index (χ1) is 15.6. The Hall–Kier alpha value is -3.79. The third kappa shape index (κ3) is 3.02. The Balaban J connectivity index is 2.09. The van der Waals surface area contributed by atoms with Crippen molar-refractivity contribution in [3.05, 3.63) is 64.9 Å². The Kier molecular flexibility index (Phi) is 5.62. The maximum atomic E-state index is 10.4. The summed E-state index contributed by atoms with van der Waals surface area (Å²) in [6, 6.07) is 18.4. The van der Waals surface area contributed by atoms with E-state index in [1.807, 2.05) is 42.5 Å². The van der Waals surface area contributed by atoms with Gasteiger partial charge in [0.1, 0.15) is 11.8 Å². The van der Waals surface area contributed by atoms with Gasteiger partial charge in [0.15, 0.2) is 5.41 Å². The summed E-state index contributed by atoms with van der Waals surface area (Å²) in [6.45, 7) is 4.37. The van der Waals surface area contributed by atoms with Gasteiger partial charge in [-0.3, -0.25) is 4.90 Å². The van der Waals surface area contributed by atoms with E-state index in [1.165, 1.54) is 0 Å². The molecule has 0 fully saturated rings. The van der Waals surface area contributed by atoms with Gasteiger partial charge < -0.3 is 10.5 Å². The first-order valence-corrected chi connectivity index (χ1v) is 10.8. The molecule has 2 aliphatic rings. The molecule has 2 aromatic carbocycles. The summed E-state index contributed by atoms with van der Waals surface area (Å²) in [5, 5.41) is 32.6. The highest BCUT2D eigenvalue weighted by Crippen LogP contribution is 2.57. The number of nitriles is 3. The molecule has 160 valence electrons. The van der Waals surface area contributed by atoms with Gasteiger partial charge >= 0.3 is 0 Å². The Morgan fingerprint density at radius 3 is 2.56 bits per heavy atom. The summed E-state index contributed by atoms with van der Waals surface area (Å²) >= 11 is 0. The summed E-state index contributed by atoms with van der Waals surface area (Å²) in [5.41, 5.74) is 6.72. The van der Waals surface area contributed by atoms with Crippen molar-refractivity contribution in [1.82, 2.24) is 4.90 Å². The Morgan fingerprint density at radius 1 is 1.16 bits per heavy atom. The molecule has 6 heteroatoms. The summed E-state index contributed by atoms with van der Waals surface area (Å²) in [7, 11) is 1.60. The van der Waals surface area contributed by atoms with Gasteiger partial charge in [-0.05, 0) is 35.4 Å². The second kappa shape index (κ2) is 8.39. The fourth-order valence-electron chi connectivity index (χ4n) is 5.32. The Morgan fingerprint density at radius 2 is 1.91 bits per heavy atom. The predicted octanol–water partition coefficient (Wildman–Crippen LogP) is 3.98. The number of benzene rings is 2. The van der Waals surface area contributed by atoms with Gasteiger partial charge in [-0.25, -0.2) is 0 Å². The van der Waals surface area contributed by atoms with Gasteiger partial charge in [-0.1, -0.05) is 43.3 Å². The largest absolute Gasteiger partial charge is 0.496 e. The lowest BCUT2D eigenvalue weighted by Gasteiger charge is -2.46. The molecule has 6 nitrogen and oxygen atoms in total. The molecule has 32 heavy (non-hydrogen) atoms. The van der Waals surface area contributed by atoms with Crippen LogP contribution in [0.2, 0.25) is 0 Å². The SMILES string of the molecule is CCCN1CC=C2C(C#N)=C(N)C(C#N)(C#N)C(c3c(OC)ccc4ccccc34)C2C1. The minimum absolute atomic E-state index is 0.0384. The van der Waals surface area contributed by atoms with Crippen molar-refractivity contribution >= 4 is 10.8 Å². The van der Waals surface area contributed by atoms with Crippen LogP contribution in [0.5, 0.6) is 5.75 Å². The number of fused-ring (bicyclic) bond motifs is 2. The fraction of sp³-hybridized carbons (Fsp3) is 0.346. The van der Waals surface area contributed by atoms with Crippen LogP contribution in [0.25, 0.3) is 10.8 Å². The van der Waals surface area contributed by atoms with Crippen molar-refractivity contribution < 1.29 is 4.74 Å². The van der Waals surface area contributed by atoms with E-state index >= 15 is 0 Å². The fourth-order valence-corrected chi connectivity index (χ4v) is 5.32. The molecular formula is C26H25N5O. The van der Waals surface area contributed by atoms with Crippen LogP contribution in [0.1, 0.15) is 24.8 Å². The van der Waals surface area contributed by atoms with Gasteiger partial charge in [-0.2, -0.15) is 15.8 Å². The van der Waals surface area contributed by atoms with E-state index in [0.29, 0.717) is 18.8 Å². The lowest BCUT2D eigenvalue weighted by Crippen LogP contribution is -2.48. The van der Waals surface area contributed by atoms with E-state index in [9.17, 15) is 15.8 Å². The lowest BCUT2D eigenvalue weighted by atomic mass is 9.57. The third-order valence-electron chi connectivity index (χ3n) is 6.74. The Bertz CT molecular complexity index is 1240. The van der Waals surface area contributed by atoms with Crippen molar-refractivity contribution in [2.75, 3.05) is 26.7 Å². The molecule has 1 aliphatic heterocycles. The van der Waals surface area contributed by atoms with Gasteiger partial charge in [0.05, 0.1) is 30.5 Å². The number of hydrogen-bond acceptors (Lipinski definition) is 6. The van der Waals surface area contributed by atoms with Crippen LogP contribution in [0.4, 0.5) is 0 Å². The number of rotatable bonds is 4.